The van der Waals surface area contributed by atoms with Gasteiger partial charge in [0.1, 0.15) is 5.82 Å². The van der Waals surface area contributed by atoms with Gasteiger partial charge in [-0.15, -0.1) is 0 Å². The van der Waals surface area contributed by atoms with E-state index in [2.05, 4.69) is 5.32 Å². The molecule has 0 aromatic heterocycles. The normalized spacial score (nSPS) is 10.3. The van der Waals surface area contributed by atoms with E-state index in [0.29, 0.717) is 0 Å². The zero-order valence-electron chi connectivity index (χ0n) is 11.5. The summed E-state index contributed by atoms with van der Waals surface area (Å²) in [6.07, 6.45) is 0. The van der Waals surface area contributed by atoms with Crippen molar-refractivity contribution in [3.05, 3.63) is 65.0 Å². The number of aryl methyl sites for hydroxylation is 1. The number of amides is 1. The second-order valence-electron chi connectivity index (χ2n) is 4.78. The highest BCUT2D eigenvalue weighted by Crippen LogP contribution is 2.07. The zero-order chi connectivity index (χ0) is 15.4. The first-order chi connectivity index (χ1) is 9.97. The summed E-state index contributed by atoms with van der Waals surface area (Å²) in [5.41, 5.74) is 1.86. The lowest BCUT2D eigenvalue weighted by Gasteiger charge is -2.08. The second-order valence-corrected chi connectivity index (χ2v) is 4.78. The summed E-state index contributed by atoms with van der Waals surface area (Å²) in [6, 6.07) is 11.0. The monoisotopic (exact) mass is 287 g/mol. The molecule has 0 aliphatic rings. The van der Waals surface area contributed by atoms with Crippen molar-refractivity contribution >= 4 is 18.5 Å². The molecule has 0 fully saturated rings. The SMILES string of the molecule is Cc1ccc(CNC(=O)c2cc(B(O)O)ccc2F)cc1. The molecule has 0 unspecified atom stereocenters. The number of halogens is 1. The van der Waals surface area contributed by atoms with Gasteiger partial charge in [-0.1, -0.05) is 35.9 Å². The van der Waals surface area contributed by atoms with Gasteiger partial charge in [0.15, 0.2) is 0 Å². The van der Waals surface area contributed by atoms with Gasteiger partial charge >= 0.3 is 7.12 Å². The molecule has 0 bridgehead atoms. The van der Waals surface area contributed by atoms with E-state index >= 15 is 0 Å². The fourth-order valence-electron chi connectivity index (χ4n) is 1.86. The van der Waals surface area contributed by atoms with Gasteiger partial charge in [-0.25, -0.2) is 4.39 Å². The number of carbonyl (C=O) groups excluding carboxylic acids is 1. The van der Waals surface area contributed by atoms with Gasteiger partial charge in [0.25, 0.3) is 5.91 Å². The molecule has 4 nitrogen and oxygen atoms in total. The molecule has 0 heterocycles. The van der Waals surface area contributed by atoms with E-state index in [-0.39, 0.29) is 17.6 Å². The lowest BCUT2D eigenvalue weighted by Crippen LogP contribution is -2.32. The molecule has 0 aliphatic heterocycles. The minimum Gasteiger partial charge on any atom is -0.423 e. The van der Waals surface area contributed by atoms with E-state index in [4.69, 9.17) is 10.0 Å². The summed E-state index contributed by atoms with van der Waals surface area (Å²) >= 11 is 0. The van der Waals surface area contributed by atoms with Crippen LogP contribution < -0.4 is 10.8 Å². The maximum atomic E-state index is 13.6. The van der Waals surface area contributed by atoms with E-state index in [0.717, 1.165) is 23.3 Å². The molecule has 1 amide bonds. The van der Waals surface area contributed by atoms with Crippen LogP contribution >= 0.6 is 0 Å². The maximum Gasteiger partial charge on any atom is 0.488 e. The third-order valence-electron chi connectivity index (χ3n) is 3.11. The number of rotatable bonds is 4. The Hall–Kier alpha value is -2.18. The summed E-state index contributed by atoms with van der Waals surface area (Å²) in [6.45, 7) is 2.23. The van der Waals surface area contributed by atoms with E-state index in [1.165, 1.54) is 6.07 Å². The van der Waals surface area contributed by atoms with Gasteiger partial charge in [-0.2, -0.15) is 0 Å². The molecule has 2 aromatic rings. The first kappa shape index (κ1) is 15.2. The Bertz CT molecular complexity index is 644. The maximum absolute atomic E-state index is 13.6. The summed E-state index contributed by atoms with van der Waals surface area (Å²) in [5.74, 6) is -1.31. The molecule has 0 spiro atoms. The summed E-state index contributed by atoms with van der Waals surface area (Å²) < 4.78 is 13.6. The molecular formula is C15H15BFNO3. The minimum atomic E-state index is -1.74. The Morgan fingerprint density at radius 3 is 2.48 bits per heavy atom. The Morgan fingerprint density at radius 2 is 1.86 bits per heavy atom. The van der Waals surface area contributed by atoms with E-state index < -0.39 is 18.8 Å². The highest BCUT2D eigenvalue weighted by molar-refractivity contribution is 6.58. The van der Waals surface area contributed by atoms with Crippen LogP contribution in [0.4, 0.5) is 4.39 Å². The Kier molecular flexibility index (Phi) is 4.72. The van der Waals surface area contributed by atoms with Gasteiger partial charge < -0.3 is 15.4 Å². The predicted molar refractivity (Wildman–Crippen MR) is 78.6 cm³/mol. The first-order valence-electron chi connectivity index (χ1n) is 6.46. The van der Waals surface area contributed by atoms with Crippen LogP contribution in [0.15, 0.2) is 42.5 Å². The van der Waals surface area contributed by atoms with Crippen molar-refractivity contribution in [2.24, 2.45) is 0 Å². The van der Waals surface area contributed by atoms with E-state index in [9.17, 15) is 9.18 Å². The zero-order valence-corrected chi connectivity index (χ0v) is 11.5. The molecule has 0 atom stereocenters. The van der Waals surface area contributed by atoms with Crippen molar-refractivity contribution in [1.29, 1.82) is 0 Å². The summed E-state index contributed by atoms with van der Waals surface area (Å²) in [5, 5.41) is 20.7. The smallest absolute Gasteiger partial charge is 0.423 e. The molecule has 2 aromatic carbocycles. The summed E-state index contributed by atoms with van der Waals surface area (Å²) in [7, 11) is -1.74. The van der Waals surface area contributed by atoms with Crippen LogP contribution in [0.25, 0.3) is 0 Å². The number of benzene rings is 2. The van der Waals surface area contributed by atoms with Crippen molar-refractivity contribution in [2.45, 2.75) is 13.5 Å². The van der Waals surface area contributed by atoms with Crippen molar-refractivity contribution in [2.75, 3.05) is 0 Å². The van der Waals surface area contributed by atoms with Crippen LogP contribution in [-0.4, -0.2) is 23.1 Å². The van der Waals surface area contributed by atoms with Crippen molar-refractivity contribution in [1.82, 2.24) is 5.32 Å². The molecule has 0 saturated carbocycles. The van der Waals surface area contributed by atoms with Crippen molar-refractivity contribution < 1.29 is 19.2 Å². The number of hydrogen-bond acceptors (Lipinski definition) is 3. The van der Waals surface area contributed by atoms with Crippen molar-refractivity contribution in [3.63, 3.8) is 0 Å². The molecule has 0 saturated heterocycles. The Balaban J connectivity index is 2.09. The first-order valence-corrected chi connectivity index (χ1v) is 6.46. The third kappa shape index (κ3) is 3.90. The highest BCUT2D eigenvalue weighted by atomic mass is 19.1. The second kappa shape index (κ2) is 6.52. The number of carbonyl (C=O) groups is 1. The lowest BCUT2D eigenvalue weighted by molar-refractivity contribution is 0.0947. The van der Waals surface area contributed by atoms with Crippen molar-refractivity contribution in [3.8, 4) is 0 Å². The van der Waals surface area contributed by atoms with Crippen LogP contribution in [0.2, 0.25) is 0 Å². The highest BCUT2D eigenvalue weighted by Gasteiger charge is 2.17. The molecule has 21 heavy (non-hydrogen) atoms. The predicted octanol–water partition coefficient (Wildman–Crippen LogP) is 0.744. The average Bonchev–Trinajstić information content (AvgIpc) is 2.46. The molecule has 0 radical (unpaired) electrons. The molecule has 0 aliphatic carbocycles. The quantitative estimate of drug-likeness (QED) is 0.727. The summed E-state index contributed by atoms with van der Waals surface area (Å²) in [4.78, 5) is 12.0. The van der Waals surface area contributed by atoms with Crippen LogP contribution in [0.3, 0.4) is 0 Å². The standard InChI is InChI=1S/C15H15BFNO3/c1-10-2-4-11(5-3-10)9-18-15(19)13-8-12(16(20)21)6-7-14(13)17/h2-8,20-21H,9H2,1H3,(H,18,19). The topological polar surface area (TPSA) is 69.6 Å². The van der Waals surface area contributed by atoms with Gasteiger partial charge in [-0.3, -0.25) is 4.79 Å². The average molecular weight is 287 g/mol. The van der Waals surface area contributed by atoms with Crippen LogP contribution in [0.5, 0.6) is 0 Å². The minimum absolute atomic E-state index is 0.0666. The third-order valence-corrected chi connectivity index (χ3v) is 3.11. The molecule has 108 valence electrons. The van der Waals surface area contributed by atoms with Gasteiger partial charge in [0.2, 0.25) is 0 Å². The van der Waals surface area contributed by atoms with Crippen LogP contribution in [-0.2, 0) is 6.54 Å². The van der Waals surface area contributed by atoms with Crippen LogP contribution in [0.1, 0.15) is 21.5 Å². The lowest BCUT2D eigenvalue weighted by atomic mass is 9.79. The molecule has 6 heteroatoms. The molecule has 3 N–H and O–H groups in total. The largest absolute Gasteiger partial charge is 0.488 e. The molecular weight excluding hydrogens is 272 g/mol. The Morgan fingerprint density at radius 1 is 1.19 bits per heavy atom. The number of hydrogen-bond donors (Lipinski definition) is 3. The Labute approximate surface area is 122 Å². The van der Waals surface area contributed by atoms with E-state index in [1.807, 2.05) is 31.2 Å². The fraction of sp³-hybridized carbons (Fsp3) is 0.133. The number of nitrogens with one attached hydrogen (secondary N) is 1. The van der Waals surface area contributed by atoms with Gasteiger partial charge in [0, 0.05) is 6.54 Å². The fourth-order valence-corrected chi connectivity index (χ4v) is 1.86. The van der Waals surface area contributed by atoms with Crippen LogP contribution in [0, 0.1) is 12.7 Å². The van der Waals surface area contributed by atoms with Gasteiger partial charge in [-0.05, 0) is 30.1 Å². The molecule has 2 rings (SSSR count). The van der Waals surface area contributed by atoms with E-state index in [1.54, 1.807) is 0 Å². The van der Waals surface area contributed by atoms with Gasteiger partial charge in [0.05, 0.1) is 5.56 Å².